The Morgan fingerprint density at radius 1 is 0.536 bits per heavy atom. The van der Waals surface area contributed by atoms with Crippen LogP contribution in [0.4, 0.5) is 39.5 Å². The highest BCUT2D eigenvalue weighted by atomic mass is 19.4. The molecule has 0 aromatic rings. The molecule has 0 radical (unpaired) electrons. The Morgan fingerprint density at radius 2 is 0.750 bits per heavy atom. The molecule has 0 aliphatic carbocycles. The van der Waals surface area contributed by atoms with E-state index < -0.39 is 75.9 Å². The SMILES string of the molecule is O=C(CN(CC(=O)OCC(F)(F)F)CC(=O)OCC(F)(F)F)OCC(F)(F)F. The van der Waals surface area contributed by atoms with Gasteiger partial charge in [0.1, 0.15) is 0 Å². The first-order chi connectivity index (χ1) is 12.5. The molecule has 28 heavy (non-hydrogen) atoms. The number of alkyl halides is 9. The molecule has 0 unspecified atom stereocenters. The molecule has 0 aromatic heterocycles. The minimum absolute atomic E-state index is 0.288. The Balaban J connectivity index is 4.83. The van der Waals surface area contributed by atoms with E-state index in [1.54, 1.807) is 0 Å². The van der Waals surface area contributed by atoms with Crippen LogP contribution in [0.15, 0.2) is 0 Å². The molecule has 0 N–H and O–H groups in total. The first-order valence-corrected chi connectivity index (χ1v) is 6.86. The van der Waals surface area contributed by atoms with Gasteiger partial charge in [0.05, 0.1) is 19.6 Å². The summed E-state index contributed by atoms with van der Waals surface area (Å²) in [6.45, 7) is -9.89. The largest absolute Gasteiger partial charge is 0.455 e. The lowest BCUT2D eigenvalue weighted by atomic mass is 10.4. The summed E-state index contributed by atoms with van der Waals surface area (Å²) < 4.78 is 119. The van der Waals surface area contributed by atoms with E-state index >= 15 is 0 Å². The third-order valence-corrected chi connectivity index (χ3v) is 2.25. The van der Waals surface area contributed by atoms with Crippen molar-refractivity contribution in [1.82, 2.24) is 4.90 Å². The van der Waals surface area contributed by atoms with Gasteiger partial charge < -0.3 is 14.2 Å². The molecule has 7 nitrogen and oxygen atoms in total. The number of hydrogen-bond acceptors (Lipinski definition) is 7. The number of hydrogen-bond donors (Lipinski definition) is 0. The summed E-state index contributed by atoms with van der Waals surface area (Å²) in [4.78, 5) is 34.1. The quantitative estimate of drug-likeness (QED) is 0.308. The first kappa shape index (κ1) is 25.7. The number of rotatable bonds is 9. The van der Waals surface area contributed by atoms with Crippen molar-refractivity contribution in [2.24, 2.45) is 0 Å². The highest BCUT2D eigenvalue weighted by Gasteiger charge is 2.33. The molecule has 0 aliphatic heterocycles. The fourth-order valence-corrected chi connectivity index (χ4v) is 1.34. The Bertz CT molecular complexity index is 467. The lowest BCUT2D eigenvalue weighted by Gasteiger charge is -2.20. The zero-order valence-corrected chi connectivity index (χ0v) is 13.5. The zero-order chi connectivity index (χ0) is 22.2. The summed E-state index contributed by atoms with van der Waals surface area (Å²) in [5, 5.41) is 0. The molecule has 0 atom stereocenters. The molecule has 0 bridgehead atoms. The number of carbonyl (C=O) groups is 3. The molecule has 0 amide bonds. The van der Waals surface area contributed by atoms with Crippen molar-refractivity contribution in [1.29, 1.82) is 0 Å². The fourth-order valence-electron chi connectivity index (χ4n) is 1.34. The molecule has 0 aromatic carbocycles. The first-order valence-electron chi connectivity index (χ1n) is 6.86. The monoisotopic (exact) mass is 437 g/mol. The van der Waals surface area contributed by atoms with Gasteiger partial charge in [0, 0.05) is 0 Å². The Kier molecular flexibility index (Phi) is 9.50. The molecule has 0 saturated carbocycles. The molecule has 16 heteroatoms. The molecule has 0 heterocycles. The van der Waals surface area contributed by atoms with E-state index in [9.17, 15) is 53.9 Å². The lowest BCUT2D eigenvalue weighted by Crippen LogP contribution is -2.41. The molecule has 0 fully saturated rings. The van der Waals surface area contributed by atoms with E-state index in [0.717, 1.165) is 0 Å². The van der Waals surface area contributed by atoms with Crippen LogP contribution >= 0.6 is 0 Å². The molecule has 0 spiro atoms. The van der Waals surface area contributed by atoms with Crippen LogP contribution in [-0.2, 0) is 28.6 Å². The van der Waals surface area contributed by atoms with E-state index in [0.29, 0.717) is 0 Å². The maximum atomic E-state index is 11.9. The van der Waals surface area contributed by atoms with Crippen molar-refractivity contribution >= 4 is 17.9 Å². The van der Waals surface area contributed by atoms with Crippen LogP contribution < -0.4 is 0 Å². The van der Waals surface area contributed by atoms with E-state index in [-0.39, 0.29) is 4.90 Å². The van der Waals surface area contributed by atoms with E-state index in [1.807, 2.05) is 0 Å². The molecule has 0 saturated heterocycles. The summed E-state index contributed by atoms with van der Waals surface area (Å²) in [5.41, 5.74) is 0. The van der Waals surface area contributed by atoms with Gasteiger partial charge in [0.25, 0.3) is 0 Å². The van der Waals surface area contributed by atoms with Gasteiger partial charge in [-0.25, -0.2) is 0 Å². The fraction of sp³-hybridized carbons (Fsp3) is 0.750. The minimum atomic E-state index is -4.92. The van der Waals surface area contributed by atoms with Gasteiger partial charge in [-0.15, -0.1) is 0 Å². The second-order valence-electron chi connectivity index (χ2n) is 4.97. The van der Waals surface area contributed by atoms with Gasteiger partial charge in [-0.2, -0.15) is 39.5 Å². The average molecular weight is 437 g/mol. The van der Waals surface area contributed by atoms with Crippen molar-refractivity contribution in [3.05, 3.63) is 0 Å². The summed E-state index contributed by atoms with van der Waals surface area (Å²) in [6.07, 6.45) is -14.8. The zero-order valence-electron chi connectivity index (χ0n) is 13.5. The smallest absolute Gasteiger partial charge is 0.422 e. The van der Waals surface area contributed by atoms with E-state index in [1.165, 1.54) is 0 Å². The third-order valence-electron chi connectivity index (χ3n) is 2.25. The van der Waals surface area contributed by atoms with Gasteiger partial charge in [0.2, 0.25) is 0 Å². The average Bonchev–Trinajstić information content (AvgIpc) is 2.47. The van der Waals surface area contributed by atoms with Crippen molar-refractivity contribution in [3.8, 4) is 0 Å². The van der Waals surface area contributed by atoms with Crippen LogP contribution in [0.25, 0.3) is 0 Å². The van der Waals surface area contributed by atoms with Crippen LogP contribution in [0.3, 0.4) is 0 Å². The number of halogens is 9. The van der Waals surface area contributed by atoms with Crippen molar-refractivity contribution < 1.29 is 68.1 Å². The third kappa shape index (κ3) is 16.0. The maximum absolute atomic E-state index is 11.9. The molecular formula is C12H12F9NO6. The van der Waals surface area contributed by atoms with E-state index in [2.05, 4.69) is 14.2 Å². The molecular weight excluding hydrogens is 425 g/mol. The number of esters is 3. The molecule has 164 valence electrons. The van der Waals surface area contributed by atoms with Crippen LogP contribution in [0, 0.1) is 0 Å². The summed E-state index contributed by atoms with van der Waals surface area (Å²) in [6, 6.07) is 0. The lowest BCUT2D eigenvalue weighted by molar-refractivity contribution is -0.192. The number of carbonyl (C=O) groups excluding carboxylic acids is 3. The highest BCUT2D eigenvalue weighted by Crippen LogP contribution is 2.16. The van der Waals surface area contributed by atoms with Crippen LogP contribution in [0.2, 0.25) is 0 Å². The maximum Gasteiger partial charge on any atom is 0.422 e. The minimum Gasteiger partial charge on any atom is -0.455 e. The van der Waals surface area contributed by atoms with Crippen LogP contribution in [0.5, 0.6) is 0 Å². The van der Waals surface area contributed by atoms with Gasteiger partial charge in [-0.05, 0) is 0 Å². The van der Waals surface area contributed by atoms with Gasteiger partial charge >= 0.3 is 36.4 Å². The predicted molar refractivity (Wildman–Crippen MR) is 67.5 cm³/mol. The predicted octanol–water partition coefficient (Wildman–Crippen LogP) is 1.60. The molecule has 0 rings (SSSR count). The number of nitrogens with zero attached hydrogens (tertiary/aromatic N) is 1. The van der Waals surface area contributed by atoms with E-state index in [4.69, 9.17) is 0 Å². The Labute approximate surface area is 150 Å². The van der Waals surface area contributed by atoms with Crippen LogP contribution in [0.1, 0.15) is 0 Å². The summed E-state index contributed by atoms with van der Waals surface area (Å²) in [5.74, 6) is -4.99. The Hall–Kier alpha value is -2.26. The topological polar surface area (TPSA) is 82.1 Å². The second kappa shape index (κ2) is 10.3. The summed E-state index contributed by atoms with van der Waals surface area (Å²) >= 11 is 0. The standard InChI is InChI=1S/C12H12F9NO6/c13-10(14,15)4-26-7(23)1-22(2-8(24)27-5-11(16,17)18)3-9(25)28-6-12(19,20)21/h1-6H2. The Morgan fingerprint density at radius 3 is 0.929 bits per heavy atom. The van der Waals surface area contributed by atoms with Crippen molar-refractivity contribution in [2.75, 3.05) is 39.5 Å². The normalized spacial score (nSPS) is 12.6. The van der Waals surface area contributed by atoms with Crippen molar-refractivity contribution in [3.63, 3.8) is 0 Å². The van der Waals surface area contributed by atoms with Crippen LogP contribution in [-0.4, -0.2) is 80.8 Å². The highest BCUT2D eigenvalue weighted by molar-refractivity contribution is 5.78. The second-order valence-corrected chi connectivity index (χ2v) is 4.97. The number of ether oxygens (including phenoxy) is 3. The van der Waals surface area contributed by atoms with Gasteiger partial charge in [0.15, 0.2) is 19.8 Å². The summed E-state index contributed by atoms with van der Waals surface area (Å²) in [7, 11) is 0. The van der Waals surface area contributed by atoms with Gasteiger partial charge in [-0.1, -0.05) is 0 Å². The van der Waals surface area contributed by atoms with Crippen molar-refractivity contribution in [2.45, 2.75) is 18.5 Å². The molecule has 0 aliphatic rings. The van der Waals surface area contributed by atoms with Gasteiger partial charge in [-0.3, -0.25) is 19.3 Å².